The zero-order valence-corrected chi connectivity index (χ0v) is 16.5. The summed E-state index contributed by atoms with van der Waals surface area (Å²) >= 11 is 0. The molecule has 4 nitrogen and oxygen atoms in total. The second kappa shape index (κ2) is 8.55. The maximum atomic E-state index is 14.4. The minimum Gasteiger partial charge on any atom is -0.359 e. The van der Waals surface area contributed by atoms with E-state index in [0.717, 1.165) is 17.5 Å². The number of halogens is 1. The van der Waals surface area contributed by atoms with E-state index in [-0.39, 0.29) is 17.6 Å². The molecule has 0 aromatic heterocycles. The Balaban J connectivity index is 1.95. The number of carbonyl (C=O) groups is 2. The molecule has 0 unspecified atom stereocenters. The maximum absolute atomic E-state index is 14.4. The lowest BCUT2D eigenvalue weighted by atomic mass is 9.78. The molecule has 2 aromatic rings. The summed E-state index contributed by atoms with van der Waals surface area (Å²) in [6, 6.07) is 14.3. The molecule has 1 heterocycles. The summed E-state index contributed by atoms with van der Waals surface area (Å²) < 4.78 is 14.4. The highest BCUT2D eigenvalue weighted by molar-refractivity contribution is 5.86. The van der Waals surface area contributed by atoms with Crippen molar-refractivity contribution in [2.75, 3.05) is 20.1 Å². The van der Waals surface area contributed by atoms with Gasteiger partial charge in [0, 0.05) is 32.1 Å². The van der Waals surface area contributed by atoms with Crippen LogP contribution in [0.1, 0.15) is 31.7 Å². The van der Waals surface area contributed by atoms with Crippen LogP contribution in [0.4, 0.5) is 4.39 Å². The second-order valence-corrected chi connectivity index (χ2v) is 7.49. The van der Waals surface area contributed by atoms with E-state index < -0.39 is 5.41 Å². The largest absolute Gasteiger partial charge is 0.359 e. The Morgan fingerprint density at radius 3 is 2.46 bits per heavy atom. The molecule has 28 heavy (non-hydrogen) atoms. The van der Waals surface area contributed by atoms with Crippen molar-refractivity contribution in [1.29, 1.82) is 0 Å². The Morgan fingerprint density at radius 1 is 1.11 bits per heavy atom. The number of hydrogen-bond acceptors (Lipinski definition) is 2. The van der Waals surface area contributed by atoms with Crippen molar-refractivity contribution in [3.8, 4) is 11.1 Å². The third-order valence-electron chi connectivity index (χ3n) is 5.59. The highest BCUT2D eigenvalue weighted by Gasteiger charge is 2.45. The van der Waals surface area contributed by atoms with Gasteiger partial charge in [-0.05, 0) is 36.5 Å². The zero-order chi connectivity index (χ0) is 20.1. The van der Waals surface area contributed by atoms with Crippen LogP contribution in [-0.2, 0) is 16.0 Å². The summed E-state index contributed by atoms with van der Waals surface area (Å²) in [4.78, 5) is 27.0. The Morgan fingerprint density at radius 2 is 1.79 bits per heavy atom. The van der Waals surface area contributed by atoms with Crippen LogP contribution in [-0.4, -0.2) is 36.9 Å². The Labute approximate surface area is 165 Å². The van der Waals surface area contributed by atoms with Gasteiger partial charge < -0.3 is 10.2 Å². The zero-order valence-electron chi connectivity index (χ0n) is 16.5. The molecule has 0 bridgehead atoms. The minimum absolute atomic E-state index is 0.0670. The third kappa shape index (κ3) is 3.93. The van der Waals surface area contributed by atoms with Gasteiger partial charge in [0.1, 0.15) is 5.82 Å². The first-order chi connectivity index (χ1) is 13.5. The van der Waals surface area contributed by atoms with E-state index in [1.807, 2.05) is 37.3 Å². The normalized spacial score (nSPS) is 18.9. The number of rotatable bonds is 6. The first-order valence-corrected chi connectivity index (χ1v) is 9.83. The van der Waals surface area contributed by atoms with E-state index in [1.165, 1.54) is 6.07 Å². The maximum Gasteiger partial charge on any atom is 0.228 e. The van der Waals surface area contributed by atoms with E-state index in [1.54, 1.807) is 24.1 Å². The lowest BCUT2D eigenvalue weighted by molar-refractivity contribution is -0.133. The van der Waals surface area contributed by atoms with Crippen LogP contribution in [0.3, 0.4) is 0 Å². The second-order valence-electron chi connectivity index (χ2n) is 7.49. The van der Waals surface area contributed by atoms with Gasteiger partial charge in [-0.2, -0.15) is 0 Å². The SMILES string of the molecule is CCCC(=O)N1CC[C@](Cc2ccccc2-c2ccccc2F)(C(=O)NC)C1. The van der Waals surface area contributed by atoms with Gasteiger partial charge >= 0.3 is 0 Å². The van der Waals surface area contributed by atoms with E-state index in [2.05, 4.69) is 5.32 Å². The Kier molecular flexibility index (Phi) is 6.12. The number of carbonyl (C=O) groups excluding carboxylic acids is 2. The quantitative estimate of drug-likeness (QED) is 0.826. The van der Waals surface area contributed by atoms with Crippen molar-refractivity contribution < 1.29 is 14.0 Å². The van der Waals surface area contributed by atoms with E-state index in [4.69, 9.17) is 0 Å². The molecule has 5 heteroatoms. The monoisotopic (exact) mass is 382 g/mol. The molecule has 1 atom stereocenters. The first kappa shape index (κ1) is 20.1. The molecule has 148 valence electrons. The predicted octanol–water partition coefficient (Wildman–Crippen LogP) is 3.80. The van der Waals surface area contributed by atoms with Gasteiger partial charge in [-0.15, -0.1) is 0 Å². The fourth-order valence-corrected chi connectivity index (χ4v) is 4.11. The van der Waals surface area contributed by atoms with Gasteiger partial charge in [0.05, 0.1) is 5.41 Å². The number of benzene rings is 2. The van der Waals surface area contributed by atoms with Gasteiger partial charge in [0.15, 0.2) is 0 Å². The van der Waals surface area contributed by atoms with Crippen LogP contribution in [0, 0.1) is 11.2 Å². The van der Waals surface area contributed by atoms with Crippen LogP contribution < -0.4 is 5.32 Å². The first-order valence-electron chi connectivity index (χ1n) is 9.83. The van der Waals surface area contributed by atoms with Crippen molar-refractivity contribution in [2.45, 2.75) is 32.6 Å². The molecule has 0 saturated carbocycles. The summed E-state index contributed by atoms with van der Waals surface area (Å²) in [5, 5.41) is 2.78. The van der Waals surface area contributed by atoms with E-state index >= 15 is 0 Å². The van der Waals surface area contributed by atoms with Gasteiger partial charge in [-0.25, -0.2) is 4.39 Å². The highest BCUT2D eigenvalue weighted by Crippen LogP contribution is 2.38. The molecule has 1 saturated heterocycles. The number of amides is 2. The standard InChI is InChI=1S/C23H27FN2O2/c1-3-8-21(27)26-14-13-23(16-26,22(28)25-2)15-17-9-4-5-10-18(17)19-11-6-7-12-20(19)24/h4-7,9-12H,3,8,13-16H2,1-2H3,(H,25,28)/t23-/m1/s1. The van der Waals surface area contributed by atoms with Crippen molar-refractivity contribution in [1.82, 2.24) is 10.2 Å². The Hall–Kier alpha value is -2.69. The van der Waals surface area contributed by atoms with Crippen LogP contribution in [0.2, 0.25) is 0 Å². The average molecular weight is 382 g/mol. The third-order valence-corrected chi connectivity index (χ3v) is 5.59. The molecule has 0 spiro atoms. The summed E-state index contributed by atoms with van der Waals surface area (Å²) in [5.41, 5.74) is 1.55. The Bertz CT molecular complexity index is 867. The van der Waals surface area contributed by atoms with Gasteiger partial charge in [-0.3, -0.25) is 9.59 Å². The van der Waals surface area contributed by atoms with Gasteiger partial charge in [0.2, 0.25) is 11.8 Å². The summed E-state index contributed by atoms with van der Waals surface area (Å²) in [5.74, 6) is -0.256. The molecule has 1 aliphatic rings. The molecule has 1 N–H and O–H groups in total. The molecule has 1 fully saturated rings. The van der Waals surface area contributed by atoms with Crippen molar-refractivity contribution in [2.24, 2.45) is 5.41 Å². The molecule has 3 rings (SSSR count). The molecule has 2 amide bonds. The lowest BCUT2D eigenvalue weighted by Gasteiger charge is -2.28. The fourth-order valence-electron chi connectivity index (χ4n) is 4.11. The minimum atomic E-state index is -0.695. The van der Waals surface area contributed by atoms with Gasteiger partial charge in [0.25, 0.3) is 0 Å². The van der Waals surface area contributed by atoms with Crippen LogP contribution in [0.15, 0.2) is 48.5 Å². The van der Waals surface area contributed by atoms with Crippen LogP contribution >= 0.6 is 0 Å². The molecule has 2 aromatic carbocycles. The van der Waals surface area contributed by atoms with Crippen LogP contribution in [0.25, 0.3) is 11.1 Å². The molecule has 1 aliphatic heterocycles. The number of likely N-dealkylation sites (tertiary alicyclic amines) is 1. The van der Waals surface area contributed by atoms with Gasteiger partial charge in [-0.1, -0.05) is 49.4 Å². The fraction of sp³-hybridized carbons (Fsp3) is 0.391. The summed E-state index contributed by atoms with van der Waals surface area (Å²) in [6.45, 7) is 2.95. The summed E-state index contributed by atoms with van der Waals surface area (Å²) in [7, 11) is 1.63. The lowest BCUT2D eigenvalue weighted by Crippen LogP contribution is -2.44. The summed E-state index contributed by atoms with van der Waals surface area (Å²) in [6.07, 6.45) is 2.36. The molecular weight excluding hydrogens is 355 g/mol. The topological polar surface area (TPSA) is 49.4 Å². The van der Waals surface area contributed by atoms with E-state index in [9.17, 15) is 14.0 Å². The van der Waals surface area contributed by atoms with Crippen LogP contribution in [0.5, 0.6) is 0 Å². The molecule has 0 radical (unpaired) electrons. The van der Waals surface area contributed by atoms with E-state index in [0.29, 0.717) is 37.9 Å². The number of nitrogens with one attached hydrogen (secondary N) is 1. The molecular formula is C23H27FN2O2. The van der Waals surface area contributed by atoms with Crippen molar-refractivity contribution in [3.05, 3.63) is 59.9 Å². The predicted molar refractivity (Wildman–Crippen MR) is 108 cm³/mol. The van der Waals surface area contributed by atoms with Crippen molar-refractivity contribution >= 4 is 11.8 Å². The number of hydrogen-bond donors (Lipinski definition) is 1. The smallest absolute Gasteiger partial charge is 0.228 e. The molecule has 0 aliphatic carbocycles. The number of nitrogens with zero attached hydrogens (tertiary/aromatic N) is 1. The average Bonchev–Trinajstić information content (AvgIpc) is 3.14. The van der Waals surface area contributed by atoms with Crippen molar-refractivity contribution in [3.63, 3.8) is 0 Å². The highest BCUT2D eigenvalue weighted by atomic mass is 19.1.